The van der Waals surface area contributed by atoms with Crippen molar-refractivity contribution < 1.29 is 32.6 Å². The summed E-state index contributed by atoms with van der Waals surface area (Å²) >= 11 is 0. The van der Waals surface area contributed by atoms with Crippen LogP contribution in [0.4, 0.5) is 0 Å². The maximum atomic E-state index is 12.6. The van der Waals surface area contributed by atoms with Crippen LogP contribution >= 0.6 is 0 Å². The molecule has 0 saturated carbocycles. The quantitative estimate of drug-likeness (QED) is 0.690. The molecular formula is C18H25NO7S. The summed E-state index contributed by atoms with van der Waals surface area (Å²) in [5.41, 5.74) is -0.0814. The van der Waals surface area contributed by atoms with Crippen LogP contribution in [-0.4, -0.2) is 67.6 Å². The van der Waals surface area contributed by atoms with Crippen molar-refractivity contribution in [3.05, 3.63) is 23.8 Å². The summed E-state index contributed by atoms with van der Waals surface area (Å²) in [6.07, 6.45) is 1.03. The van der Waals surface area contributed by atoms with E-state index >= 15 is 0 Å². The van der Waals surface area contributed by atoms with Crippen LogP contribution in [0.3, 0.4) is 0 Å². The number of sulfone groups is 1. The smallest absolute Gasteiger partial charge is 0.342 e. The van der Waals surface area contributed by atoms with E-state index in [4.69, 9.17) is 9.47 Å². The highest BCUT2D eigenvalue weighted by atomic mass is 32.2. The molecule has 1 heterocycles. The van der Waals surface area contributed by atoms with Crippen LogP contribution in [0.2, 0.25) is 0 Å². The van der Waals surface area contributed by atoms with E-state index in [1.54, 1.807) is 0 Å². The van der Waals surface area contributed by atoms with Gasteiger partial charge in [0.1, 0.15) is 17.1 Å². The Labute approximate surface area is 159 Å². The molecule has 0 radical (unpaired) electrons. The van der Waals surface area contributed by atoms with Crippen LogP contribution in [0.15, 0.2) is 18.2 Å². The summed E-state index contributed by atoms with van der Waals surface area (Å²) in [4.78, 5) is 26.3. The number of phenolic OH excluding ortho intramolecular Hbond substituents is 1. The summed E-state index contributed by atoms with van der Waals surface area (Å²) in [7, 11) is -1.72. The standard InChI is InChI=1S/C18H25NO7S/c1-4-12(2)19(13-7-8-27(23,24)11-13)17(21)10-26-18(22)15-6-5-14(25-3)9-16(15)20/h5-6,9,12-13,20H,4,7-8,10-11H2,1-3H3/t12-,13+/m0/s1. The van der Waals surface area contributed by atoms with Gasteiger partial charge in [-0.2, -0.15) is 0 Å². The Morgan fingerprint density at radius 3 is 2.59 bits per heavy atom. The van der Waals surface area contributed by atoms with Crippen LogP contribution in [-0.2, 0) is 19.4 Å². The first-order chi connectivity index (χ1) is 12.7. The SMILES string of the molecule is CC[C@H](C)N(C(=O)COC(=O)c1ccc(OC)cc1O)[C@@H]1CCS(=O)(=O)C1. The Balaban J connectivity index is 2.06. The second kappa shape index (κ2) is 8.60. The minimum absolute atomic E-state index is 0.0530. The average Bonchev–Trinajstić information content (AvgIpc) is 2.98. The van der Waals surface area contributed by atoms with Crippen molar-refractivity contribution in [1.29, 1.82) is 0 Å². The number of amides is 1. The zero-order chi connectivity index (χ0) is 20.2. The molecule has 0 aromatic heterocycles. The summed E-state index contributed by atoms with van der Waals surface area (Å²) in [6, 6.07) is 3.52. The lowest BCUT2D eigenvalue weighted by Crippen LogP contribution is -2.48. The van der Waals surface area contributed by atoms with Gasteiger partial charge in [0.2, 0.25) is 0 Å². The molecule has 1 fully saturated rings. The van der Waals surface area contributed by atoms with Gasteiger partial charge in [-0.3, -0.25) is 4.79 Å². The Morgan fingerprint density at radius 2 is 2.07 bits per heavy atom. The molecule has 0 unspecified atom stereocenters. The Hall–Kier alpha value is -2.29. The number of nitrogens with zero attached hydrogens (tertiary/aromatic N) is 1. The van der Waals surface area contributed by atoms with Crippen molar-refractivity contribution in [3.8, 4) is 11.5 Å². The molecule has 8 nitrogen and oxygen atoms in total. The molecule has 1 aromatic carbocycles. The molecule has 1 N–H and O–H groups in total. The van der Waals surface area contributed by atoms with Gasteiger partial charge in [0.05, 0.1) is 18.6 Å². The maximum absolute atomic E-state index is 12.6. The summed E-state index contributed by atoms with van der Waals surface area (Å²) in [5.74, 6) is -1.24. The number of hydrogen-bond donors (Lipinski definition) is 1. The predicted molar refractivity (Wildman–Crippen MR) is 98.6 cm³/mol. The van der Waals surface area contributed by atoms with E-state index in [9.17, 15) is 23.1 Å². The summed E-state index contributed by atoms with van der Waals surface area (Å²) in [6.45, 7) is 3.21. The van der Waals surface area contributed by atoms with Gasteiger partial charge in [-0.15, -0.1) is 0 Å². The summed E-state index contributed by atoms with van der Waals surface area (Å²) < 4.78 is 33.5. The summed E-state index contributed by atoms with van der Waals surface area (Å²) in [5, 5.41) is 9.88. The second-order valence-corrected chi connectivity index (χ2v) is 8.80. The van der Waals surface area contributed by atoms with Crippen LogP contribution in [0.1, 0.15) is 37.0 Å². The molecule has 1 amide bonds. The molecule has 0 spiro atoms. The van der Waals surface area contributed by atoms with Crippen LogP contribution in [0.5, 0.6) is 11.5 Å². The van der Waals surface area contributed by atoms with Crippen molar-refractivity contribution in [2.75, 3.05) is 25.2 Å². The first kappa shape index (κ1) is 21.0. The molecule has 0 aliphatic carbocycles. The third-order valence-electron chi connectivity index (χ3n) is 4.71. The third kappa shape index (κ3) is 5.12. The molecule has 1 saturated heterocycles. The third-order valence-corrected chi connectivity index (χ3v) is 6.46. The minimum Gasteiger partial charge on any atom is -0.507 e. The first-order valence-electron chi connectivity index (χ1n) is 8.74. The van der Waals surface area contributed by atoms with Crippen molar-refractivity contribution in [2.45, 2.75) is 38.8 Å². The lowest BCUT2D eigenvalue weighted by Gasteiger charge is -2.33. The van der Waals surface area contributed by atoms with E-state index in [1.165, 1.54) is 30.2 Å². The number of hydrogen-bond acceptors (Lipinski definition) is 7. The number of esters is 1. The molecule has 9 heteroatoms. The van der Waals surface area contributed by atoms with Gasteiger partial charge >= 0.3 is 5.97 Å². The molecule has 1 aliphatic heterocycles. The molecule has 150 valence electrons. The van der Waals surface area contributed by atoms with E-state index in [1.807, 2.05) is 13.8 Å². The first-order valence-corrected chi connectivity index (χ1v) is 10.6. The predicted octanol–water partition coefficient (Wildman–Crippen LogP) is 1.37. The zero-order valence-electron chi connectivity index (χ0n) is 15.7. The minimum atomic E-state index is -3.15. The van der Waals surface area contributed by atoms with E-state index in [2.05, 4.69) is 0 Å². The van der Waals surface area contributed by atoms with Gasteiger partial charge in [-0.25, -0.2) is 13.2 Å². The Bertz CT molecular complexity index is 806. The number of carbonyl (C=O) groups is 2. The topological polar surface area (TPSA) is 110 Å². The number of carbonyl (C=O) groups excluding carboxylic acids is 2. The molecule has 1 aromatic rings. The number of aromatic hydroxyl groups is 1. The number of methoxy groups -OCH3 is 1. The largest absolute Gasteiger partial charge is 0.507 e. The fourth-order valence-corrected chi connectivity index (χ4v) is 4.80. The van der Waals surface area contributed by atoms with Crippen LogP contribution < -0.4 is 4.74 Å². The van der Waals surface area contributed by atoms with Gasteiger partial charge in [0.25, 0.3) is 5.91 Å². The normalized spacial score (nSPS) is 19.3. The molecule has 0 bridgehead atoms. The van der Waals surface area contributed by atoms with Crippen molar-refractivity contribution in [1.82, 2.24) is 4.90 Å². The highest BCUT2D eigenvalue weighted by Crippen LogP contribution is 2.25. The van der Waals surface area contributed by atoms with Crippen molar-refractivity contribution in [3.63, 3.8) is 0 Å². The fraction of sp³-hybridized carbons (Fsp3) is 0.556. The molecule has 1 aliphatic rings. The van der Waals surface area contributed by atoms with E-state index in [-0.39, 0.29) is 28.9 Å². The lowest BCUT2D eigenvalue weighted by molar-refractivity contribution is -0.138. The molecule has 2 rings (SSSR count). The molecule has 27 heavy (non-hydrogen) atoms. The van der Waals surface area contributed by atoms with Gasteiger partial charge in [-0.1, -0.05) is 6.92 Å². The zero-order valence-corrected chi connectivity index (χ0v) is 16.5. The van der Waals surface area contributed by atoms with Crippen LogP contribution in [0.25, 0.3) is 0 Å². The monoisotopic (exact) mass is 399 g/mol. The number of ether oxygens (including phenoxy) is 2. The second-order valence-electron chi connectivity index (χ2n) is 6.57. The van der Waals surface area contributed by atoms with E-state index in [0.29, 0.717) is 18.6 Å². The average molecular weight is 399 g/mol. The molecule has 2 atom stereocenters. The van der Waals surface area contributed by atoms with E-state index in [0.717, 1.165) is 0 Å². The number of benzene rings is 1. The fourth-order valence-electron chi connectivity index (χ4n) is 3.09. The highest BCUT2D eigenvalue weighted by molar-refractivity contribution is 7.91. The highest BCUT2D eigenvalue weighted by Gasteiger charge is 2.36. The van der Waals surface area contributed by atoms with Crippen molar-refractivity contribution in [2.24, 2.45) is 0 Å². The number of phenols is 1. The van der Waals surface area contributed by atoms with Gasteiger partial charge in [-0.05, 0) is 31.9 Å². The van der Waals surface area contributed by atoms with Crippen LogP contribution in [0, 0.1) is 0 Å². The van der Waals surface area contributed by atoms with Crippen molar-refractivity contribution >= 4 is 21.7 Å². The molecular weight excluding hydrogens is 374 g/mol. The van der Waals surface area contributed by atoms with Gasteiger partial charge in [0.15, 0.2) is 16.4 Å². The number of rotatable bonds is 7. The van der Waals surface area contributed by atoms with Gasteiger partial charge in [0, 0.05) is 18.2 Å². The van der Waals surface area contributed by atoms with Gasteiger partial charge < -0.3 is 19.5 Å². The Kier molecular flexibility index (Phi) is 6.69. The van der Waals surface area contributed by atoms with E-state index < -0.39 is 34.4 Å². The lowest BCUT2D eigenvalue weighted by atomic mass is 10.1. The maximum Gasteiger partial charge on any atom is 0.342 e. The Morgan fingerprint density at radius 1 is 1.37 bits per heavy atom.